The van der Waals surface area contributed by atoms with Gasteiger partial charge in [-0.2, -0.15) is 0 Å². The highest BCUT2D eigenvalue weighted by Crippen LogP contribution is 2.30. The molecule has 1 fully saturated rings. The van der Waals surface area contributed by atoms with E-state index in [-0.39, 0.29) is 23.9 Å². The van der Waals surface area contributed by atoms with E-state index in [1.54, 1.807) is 11.0 Å². The van der Waals surface area contributed by atoms with Gasteiger partial charge in [0.15, 0.2) is 0 Å². The molecule has 1 aromatic carbocycles. The van der Waals surface area contributed by atoms with E-state index in [9.17, 15) is 9.18 Å². The number of rotatable bonds is 2. The zero-order valence-corrected chi connectivity index (χ0v) is 14.6. The molecule has 4 nitrogen and oxygen atoms in total. The van der Waals surface area contributed by atoms with Gasteiger partial charge < -0.3 is 15.0 Å². The van der Waals surface area contributed by atoms with Gasteiger partial charge in [0.05, 0.1) is 0 Å². The van der Waals surface area contributed by atoms with Gasteiger partial charge in [-0.05, 0) is 64.4 Å². The lowest BCUT2D eigenvalue weighted by atomic mass is 9.84. The number of piperidine rings is 1. The summed E-state index contributed by atoms with van der Waals surface area (Å²) < 4.78 is 18.9. The zero-order chi connectivity index (χ0) is 17.2. The molecule has 0 aromatic heterocycles. The Bertz CT molecular complexity index is 569. The quantitative estimate of drug-likeness (QED) is 0.907. The highest BCUT2D eigenvalue weighted by molar-refractivity contribution is 5.68. The number of ether oxygens (including phenoxy) is 1. The van der Waals surface area contributed by atoms with Crippen molar-refractivity contribution in [2.45, 2.75) is 51.7 Å². The fourth-order valence-electron chi connectivity index (χ4n) is 3.16. The summed E-state index contributed by atoms with van der Waals surface area (Å²) in [7, 11) is 1.93. The average molecular weight is 322 g/mol. The molecule has 1 aliphatic rings. The number of hydrogen-bond acceptors (Lipinski definition) is 3. The monoisotopic (exact) mass is 322 g/mol. The SMILES string of the molecule is CNC1CCN(C(=O)OC(C)(C)C)CC1c1ccc(F)cc1C. The van der Waals surface area contributed by atoms with Gasteiger partial charge in [0.1, 0.15) is 11.4 Å². The highest BCUT2D eigenvalue weighted by atomic mass is 19.1. The summed E-state index contributed by atoms with van der Waals surface area (Å²) in [5.41, 5.74) is 1.50. The molecule has 1 saturated heterocycles. The second kappa shape index (κ2) is 6.87. The minimum absolute atomic E-state index is 0.127. The molecule has 1 aliphatic heterocycles. The Morgan fingerprint density at radius 2 is 2.09 bits per heavy atom. The summed E-state index contributed by atoms with van der Waals surface area (Å²) in [6.45, 7) is 8.76. The van der Waals surface area contributed by atoms with E-state index in [4.69, 9.17) is 4.74 Å². The third-order valence-electron chi connectivity index (χ3n) is 4.27. The molecule has 128 valence electrons. The van der Waals surface area contributed by atoms with Crippen molar-refractivity contribution >= 4 is 6.09 Å². The molecular formula is C18H27FN2O2. The molecule has 1 N–H and O–H groups in total. The molecule has 0 saturated carbocycles. The van der Waals surface area contributed by atoms with Crippen LogP contribution >= 0.6 is 0 Å². The normalized spacial score (nSPS) is 22.1. The molecule has 0 bridgehead atoms. The second-order valence-corrected chi connectivity index (χ2v) is 7.22. The average Bonchev–Trinajstić information content (AvgIpc) is 2.45. The number of nitrogens with one attached hydrogen (secondary N) is 1. The number of halogens is 1. The first-order chi connectivity index (χ1) is 10.7. The molecule has 1 heterocycles. The molecule has 0 radical (unpaired) electrons. The Morgan fingerprint density at radius 1 is 1.39 bits per heavy atom. The molecule has 1 aromatic rings. The number of carbonyl (C=O) groups excluding carboxylic acids is 1. The van der Waals surface area contributed by atoms with Crippen molar-refractivity contribution in [3.8, 4) is 0 Å². The van der Waals surface area contributed by atoms with Crippen LogP contribution in [0.4, 0.5) is 9.18 Å². The minimum Gasteiger partial charge on any atom is -0.444 e. The Hall–Kier alpha value is -1.62. The number of likely N-dealkylation sites (tertiary alicyclic amines) is 1. The van der Waals surface area contributed by atoms with Crippen LogP contribution in [0.1, 0.15) is 44.2 Å². The summed E-state index contributed by atoms with van der Waals surface area (Å²) >= 11 is 0. The maximum Gasteiger partial charge on any atom is 0.410 e. The lowest BCUT2D eigenvalue weighted by Crippen LogP contribution is -2.50. The summed E-state index contributed by atoms with van der Waals surface area (Å²) in [5.74, 6) is -0.103. The van der Waals surface area contributed by atoms with E-state index in [1.807, 2.05) is 40.8 Å². The number of carbonyl (C=O) groups is 1. The van der Waals surface area contributed by atoms with Crippen molar-refractivity contribution in [1.82, 2.24) is 10.2 Å². The number of hydrogen-bond donors (Lipinski definition) is 1. The van der Waals surface area contributed by atoms with Crippen molar-refractivity contribution in [2.75, 3.05) is 20.1 Å². The molecule has 2 atom stereocenters. The van der Waals surface area contributed by atoms with E-state index in [0.29, 0.717) is 13.1 Å². The van der Waals surface area contributed by atoms with E-state index in [0.717, 1.165) is 17.5 Å². The fraction of sp³-hybridized carbons (Fsp3) is 0.611. The van der Waals surface area contributed by atoms with Crippen molar-refractivity contribution in [2.24, 2.45) is 0 Å². The van der Waals surface area contributed by atoms with Gasteiger partial charge in [0.25, 0.3) is 0 Å². The summed E-state index contributed by atoms with van der Waals surface area (Å²) in [6, 6.07) is 5.13. The minimum atomic E-state index is -0.502. The number of benzene rings is 1. The fourth-order valence-corrected chi connectivity index (χ4v) is 3.16. The van der Waals surface area contributed by atoms with Gasteiger partial charge in [-0.1, -0.05) is 6.07 Å². The lowest BCUT2D eigenvalue weighted by Gasteiger charge is -2.39. The van der Waals surface area contributed by atoms with Crippen LogP contribution in [0.5, 0.6) is 0 Å². The number of likely N-dealkylation sites (N-methyl/N-ethyl adjacent to an activating group) is 1. The smallest absolute Gasteiger partial charge is 0.410 e. The first-order valence-corrected chi connectivity index (χ1v) is 8.12. The van der Waals surface area contributed by atoms with E-state index >= 15 is 0 Å². The van der Waals surface area contributed by atoms with Gasteiger partial charge in [0, 0.05) is 25.0 Å². The van der Waals surface area contributed by atoms with Crippen LogP contribution in [0.25, 0.3) is 0 Å². The van der Waals surface area contributed by atoms with Gasteiger partial charge in [0.2, 0.25) is 0 Å². The van der Waals surface area contributed by atoms with Gasteiger partial charge >= 0.3 is 6.09 Å². The summed E-state index contributed by atoms with van der Waals surface area (Å²) in [4.78, 5) is 14.1. The van der Waals surface area contributed by atoms with Crippen molar-refractivity contribution in [3.63, 3.8) is 0 Å². The molecular weight excluding hydrogens is 295 g/mol. The first kappa shape index (κ1) is 17.7. The molecule has 0 spiro atoms. The predicted molar refractivity (Wildman–Crippen MR) is 89.1 cm³/mol. The Labute approximate surface area is 138 Å². The predicted octanol–water partition coefficient (Wildman–Crippen LogP) is 3.45. The van der Waals surface area contributed by atoms with E-state index in [1.165, 1.54) is 6.07 Å². The molecule has 0 aliphatic carbocycles. The largest absolute Gasteiger partial charge is 0.444 e. The van der Waals surface area contributed by atoms with Crippen LogP contribution in [-0.2, 0) is 4.74 Å². The standard InChI is InChI=1S/C18H27FN2O2/c1-12-10-13(19)6-7-14(12)15-11-21(9-8-16(15)20-5)17(22)23-18(2,3)4/h6-7,10,15-16,20H,8-9,11H2,1-5H3. The molecule has 2 rings (SSSR count). The Balaban J connectivity index is 2.20. The zero-order valence-electron chi connectivity index (χ0n) is 14.6. The Kier molecular flexibility index (Phi) is 5.30. The van der Waals surface area contributed by atoms with Gasteiger partial charge in [-0.15, -0.1) is 0 Å². The van der Waals surface area contributed by atoms with Crippen LogP contribution in [0.2, 0.25) is 0 Å². The first-order valence-electron chi connectivity index (χ1n) is 8.12. The number of nitrogens with zero attached hydrogens (tertiary/aromatic N) is 1. The van der Waals surface area contributed by atoms with E-state index < -0.39 is 5.60 Å². The topological polar surface area (TPSA) is 41.6 Å². The second-order valence-electron chi connectivity index (χ2n) is 7.22. The van der Waals surface area contributed by atoms with Crippen LogP contribution in [0.3, 0.4) is 0 Å². The summed E-state index contributed by atoms with van der Waals surface area (Å²) in [6.07, 6.45) is 0.564. The lowest BCUT2D eigenvalue weighted by molar-refractivity contribution is 0.0177. The Morgan fingerprint density at radius 3 is 2.65 bits per heavy atom. The molecule has 23 heavy (non-hydrogen) atoms. The maximum absolute atomic E-state index is 13.4. The molecule has 1 amide bonds. The third-order valence-corrected chi connectivity index (χ3v) is 4.27. The van der Waals surface area contributed by atoms with Gasteiger partial charge in [-0.25, -0.2) is 9.18 Å². The number of amides is 1. The summed E-state index contributed by atoms with van der Waals surface area (Å²) in [5, 5.41) is 3.33. The van der Waals surface area contributed by atoms with Crippen LogP contribution in [0, 0.1) is 12.7 Å². The highest BCUT2D eigenvalue weighted by Gasteiger charge is 2.34. The van der Waals surface area contributed by atoms with Crippen molar-refractivity contribution < 1.29 is 13.9 Å². The van der Waals surface area contributed by atoms with Crippen LogP contribution in [0.15, 0.2) is 18.2 Å². The third kappa shape index (κ3) is 4.44. The maximum atomic E-state index is 13.4. The van der Waals surface area contributed by atoms with Gasteiger partial charge in [-0.3, -0.25) is 0 Å². The van der Waals surface area contributed by atoms with Crippen LogP contribution < -0.4 is 5.32 Å². The van der Waals surface area contributed by atoms with E-state index in [2.05, 4.69) is 5.32 Å². The van der Waals surface area contributed by atoms with Crippen molar-refractivity contribution in [3.05, 3.63) is 35.1 Å². The molecule has 2 unspecified atom stereocenters. The van der Waals surface area contributed by atoms with Crippen molar-refractivity contribution in [1.29, 1.82) is 0 Å². The van der Waals surface area contributed by atoms with Crippen LogP contribution in [-0.4, -0.2) is 42.8 Å². The number of aryl methyl sites for hydroxylation is 1. The molecule has 5 heteroatoms.